The Balaban J connectivity index is 2.91. The number of rotatable bonds is 4. The molecule has 2 atom stereocenters. The molecule has 118 valence electrons. The third-order valence-electron chi connectivity index (χ3n) is 2.54. The normalized spacial score (nSPS) is 15.3. The number of carbonyl (C=O) groups excluding carboxylic acids is 1. The van der Waals surface area contributed by atoms with Crippen LogP contribution in [0.25, 0.3) is 0 Å². The largest absolute Gasteiger partial charge is 0.459 e. The first-order valence-electron chi connectivity index (χ1n) is 6.35. The van der Waals surface area contributed by atoms with Crippen molar-refractivity contribution in [1.82, 2.24) is 0 Å². The molecule has 1 rings (SSSR count). The van der Waals surface area contributed by atoms with E-state index in [-0.39, 0.29) is 4.90 Å². The first-order valence-corrected chi connectivity index (χ1v) is 9.46. The zero-order chi connectivity index (χ0) is 16.4. The Bertz CT molecular complexity index is 639. The van der Waals surface area contributed by atoms with Crippen molar-refractivity contribution in [3.8, 4) is 0 Å². The van der Waals surface area contributed by atoms with Crippen molar-refractivity contribution in [2.45, 2.75) is 48.3 Å². The van der Waals surface area contributed by atoms with Gasteiger partial charge in [-0.15, -0.1) is 0 Å². The minimum absolute atomic E-state index is 0.146. The summed E-state index contributed by atoms with van der Waals surface area (Å²) in [5.41, 5.74) is -0.643. The summed E-state index contributed by atoms with van der Waals surface area (Å²) >= 11 is 0. The highest BCUT2D eigenvalue weighted by Gasteiger charge is 2.27. The lowest BCUT2D eigenvalue weighted by Gasteiger charge is -2.22. The van der Waals surface area contributed by atoms with Gasteiger partial charge in [0.2, 0.25) is 0 Å². The van der Waals surface area contributed by atoms with Crippen LogP contribution in [0.2, 0.25) is 0 Å². The van der Waals surface area contributed by atoms with E-state index in [4.69, 9.17) is 4.74 Å². The van der Waals surface area contributed by atoms with Crippen molar-refractivity contribution in [2.24, 2.45) is 0 Å². The zero-order valence-electron chi connectivity index (χ0n) is 12.7. The Morgan fingerprint density at radius 2 is 1.67 bits per heavy atom. The molecule has 0 spiro atoms. The molecule has 0 amide bonds. The molecule has 7 heteroatoms. The van der Waals surface area contributed by atoms with Crippen LogP contribution >= 0.6 is 0 Å². The third-order valence-corrected chi connectivity index (χ3v) is 5.24. The van der Waals surface area contributed by atoms with E-state index in [0.29, 0.717) is 4.90 Å². The molecule has 0 aromatic heterocycles. The van der Waals surface area contributed by atoms with Gasteiger partial charge in [-0.1, -0.05) is 0 Å². The van der Waals surface area contributed by atoms with E-state index < -0.39 is 37.5 Å². The van der Waals surface area contributed by atoms with Crippen LogP contribution < -0.4 is 0 Å². The number of hydrogen-bond acceptors (Lipinski definition) is 5. The van der Waals surface area contributed by atoms with Gasteiger partial charge in [0.1, 0.15) is 10.9 Å². The smallest absolute Gasteiger partial charge is 0.322 e. The lowest BCUT2D eigenvalue weighted by Crippen LogP contribution is -2.32. The molecular formula is C14H20O5S2. The van der Waals surface area contributed by atoms with E-state index in [0.717, 1.165) is 6.26 Å². The van der Waals surface area contributed by atoms with Crippen LogP contribution in [0.15, 0.2) is 34.1 Å². The molecule has 2 unspecified atom stereocenters. The number of esters is 1. The molecule has 0 heterocycles. The molecule has 0 aliphatic heterocycles. The maximum atomic E-state index is 12.3. The summed E-state index contributed by atoms with van der Waals surface area (Å²) in [5, 5.41) is -0.826. The quantitative estimate of drug-likeness (QED) is 0.787. The number of ether oxygens (including phenoxy) is 1. The van der Waals surface area contributed by atoms with Crippen LogP contribution in [0.5, 0.6) is 0 Å². The predicted molar refractivity (Wildman–Crippen MR) is 81.3 cm³/mol. The fraction of sp³-hybridized carbons (Fsp3) is 0.500. The molecule has 0 N–H and O–H groups in total. The van der Waals surface area contributed by atoms with Gasteiger partial charge in [0.15, 0.2) is 9.84 Å². The Hall–Kier alpha value is -1.21. The maximum absolute atomic E-state index is 12.3. The summed E-state index contributed by atoms with van der Waals surface area (Å²) in [6.07, 6.45) is 1.10. The second-order valence-electron chi connectivity index (χ2n) is 5.72. The van der Waals surface area contributed by atoms with E-state index in [1.807, 2.05) is 0 Å². The van der Waals surface area contributed by atoms with Crippen LogP contribution in [0.4, 0.5) is 0 Å². The Morgan fingerprint density at radius 1 is 1.19 bits per heavy atom. The average molecular weight is 332 g/mol. The molecule has 0 saturated heterocycles. The van der Waals surface area contributed by atoms with Crippen molar-refractivity contribution in [3.63, 3.8) is 0 Å². The highest BCUT2D eigenvalue weighted by molar-refractivity contribution is 7.90. The molecule has 0 aliphatic carbocycles. The van der Waals surface area contributed by atoms with Gasteiger partial charge in [0.05, 0.1) is 15.7 Å². The first-order chi connectivity index (χ1) is 9.42. The zero-order valence-corrected chi connectivity index (χ0v) is 14.4. The van der Waals surface area contributed by atoms with E-state index in [9.17, 15) is 17.4 Å². The highest BCUT2D eigenvalue weighted by atomic mass is 32.2. The molecule has 1 aromatic carbocycles. The molecule has 1 aromatic rings. The van der Waals surface area contributed by atoms with Gasteiger partial charge in [0, 0.05) is 11.2 Å². The highest BCUT2D eigenvalue weighted by Crippen LogP contribution is 2.18. The van der Waals surface area contributed by atoms with E-state index in [1.54, 1.807) is 20.8 Å². The number of benzene rings is 1. The summed E-state index contributed by atoms with van der Waals surface area (Å²) < 4.78 is 40.2. The van der Waals surface area contributed by atoms with Crippen LogP contribution in [0, 0.1) is 0 Å². The van der Waals surface area contributed by atoms with Crippen molar-refractivity contribution < 1.29 is 22.2 Å². The molecular weight excluding hydrogens is 312 g/mol. The lowest BCUT2D eigenvalue weighted by atomic mass is 10.2. The Morgan fingerprint density at radius 3 is 2.05 bits per heavy atom. The van der Waals surface area contributed by atoms with Gasteiger partial charge < -0.3 is 4.74 Å². The lowest BCUT2D eigenvalue weighted by molar-refractivity contribution is -0.153. The molecule has 5 nitrogen and oxygen atoms in total. The van der Waals surface area contributed by atoms with E-state index in [2.05, 4.69) is 0 Å². The third kappa shape index (κ3) is 5.24. The van der Waals surface area contributed by atoms with Crippen molar-refractivity contribution >= 4 is 26.6 Å². The fourth-order valence-corrected chi connectivity index (χ4v) is 3.16. The minimum Gasteiger partial charge on any atom is -0.459 e. The van der Waals surface area contributed by atoms with Gasteiger partial charge in [-0.3, -0.25) is 9.00 Å². The fourth-order valence-electron chi connectivity index (χ4n) is 1.50. The van der Waals surface area contributed by atoms with Gasteiger partial charge in [0.25, 0.3) is 0 Å². The second kappa shape index (κ2) is 6.27. The monoisotopic (exact) mass is 332 g/mol. The summed E-state index contributed by atoms with van der Waals surface area (Å²) in [6.45, 7) is 6.74. The van der Waals surface area contributed by atoms with Crippen molar-refractivity contribution in [1.29, 1.82) is 0 Å². The number of sulfone groups is 1. The average Bonchev–Trinajstić information content (AvgIpc) is 2.34. The topological polar surface area (TPSA) is 77.5 Å². The number of carbonyl (C=O) groups is 1. The van der Waals surface area contributed by atoms with Gasteiger partial charge in [-0.2, -0.15) is 0 Å². The summed E-state index contributed by atoms with van der Waals surface area (Å²) in [4.78, 5) is 12.4. The van der Waals surface area contributed by atoms with Crippen LogP contribution in [0.3, 0.4) is 0 Å². The Labute approximate surface area is 128 Å². The Kier molecular flexibility index (Phi) is 5.33. The van der Waals surface area contributed by atoms with Crippen molar-refractivity contribution in [2.75, 3.05) is 6.26 Å². The maximum Gasteiger partial charge on any atom is 0.322 e. The molecule has 21 heavy (non-hydrogen) atoms. The van der Waals surface area contributed by atoms with E-state index >= 15 is 0 Å². The van der Waals surface area contributed by atoms with Crippen molar-refractivity contribution in [3.05, 3.63) is 24.3 Å². The minimum atomic E-state index is -3.30. The summed E-state index contributed by atoms with van der Waals surface area (Å²) in [7, 11) is -4.89. The molecule has 0 bridgehead atoms. The van der Waals surface area contributed by atoms with Crippen LogP contribution in [-0.4, -0.2) is 35.7 Å². The van der Waals surface area contributed by atoms with Crippen LogP contribution in [0.1, 0.15) is 27.7 Å². The van der Waals surface area contributed by atoms with Gasteiger partial charge in [-0.05, 0) is 52.0 Å². The number of hydrogen-bond donors (Lipinski definition) is 0. The molecule has 0 saturated carbocycles. The van der Waals surface area contributed by atoms with Gasteiger partial charge >= 0.3 is 5.97 Å². The predicted octanol–water partition coefficient (Wildman–Crippen LogP) is 1.93. The SMILES string of the molecule is CC(C(=O)OC(C)(C)C)S(=O)c1ccc(S(C)(=O)=O)cc1. The molecule has 0 fully saturated rings. The standard InChI is InChI=1S/C14H20O5S2/c1-10(13(15)19-14(2,3)4)20(16)11-6-8-12(9-7-11)21(5,17)18/h6-10H,1-5H3. The summed E-state index contributed by atoms with van der Waals surface area (Å²) in [6, 6.07) is 5.66. The first kappa shape index (κ1) is 17.8. The van der Waals surface area contributed by atoms with E-state index in [1.165, 1.54) is 31.2 Å². The molecule has 0 aliphatic rings. The second-order valence-corrected chi connectivity index (χ2v) is 9.51. The van der Waals surface area contributed by atoms with Crippen LogP contribution in [-0.2, 0) is 30.2 Å². The van der Waals surface area contributed by atoms with Gasteiger partial charge in [-0.25, -0.2) is 8.42 Å². The molecule has 0 radical (unpaired) electrons. The summed E-state index contributed by atoms with van der Waals surface area (Å²) in [5.74, 6) is -0.548.